The third-order valence-corrected chi connectivity index (χ3v) is 7.07. The van der Waals surface area contributed by atoms with Crippen LogP contribution in [0.25, 0.3) is 0 Å². The van der Waals surface area contributed by atoms with Crippen LogP contribution < -0.4 is 0 Å². The van der Waals surface area contributed by atoms with Crippen molar-refractivity contribution in [2.45, 2.75) is 57.6 Å². The molecule has 0 aliphatic heterocycles. The van der Waals surface area contributed by atoms with Crippen LogP contribution in [0.1, 0.15) is 62.0 Å². The fourth-order valence-corrected chi connectivity index (χ4v) is 4.89. The molecule has 2 rings (SSSR count). The molecular weight excluding hydrogens is 312 g/mol. The summed E-state index contributed by atoms with van der Waals surface area (Å²) in [6.45, 7) is 3.89. The molecule has 1 aliphatic carbocycles. The molecule has 0 spiro atoms. The minimum atomic E-state index is -2.38. The number of aromatic nitrogens is 1. The predicted octanol–water partition coefficient (Wildman–Crippen LogP) is 4.85. The Morgan fingerprint density at radius 3 is 2.68 bits per heavy atom. The number of thiocarbonyl (C=S) groups is 1. The van der Waals surface area contributed by atoms with Gasteiger partial charge >= 0.3 is 0 Å². The van der Waals surface area contributed by atoms with Crippen molar-refractivity contribution in [1.29, 1.82) is 0 Å². The maximum Gasteiger partial charge on any atom is 0.113 e. The van der Waals surface area contributed by atoms with E-state index >= 15 is 0 Å². The third-order valence-electron chi connectivity index (χ3n) is 4.53. The molecule has 5 heteroatoms. The summed E-state index contributed by atoms with van der Waals surface area (Å²) in [6, 6.07) is 3.93. The second-order valence-electron chi connectivity index (χ2n) is 6.43. The van der Waals surface area contributed by atoms with Crippen molar-refractivity contribution in [2.24, 2.45) is 10.3 Å². The molecule has 0 N–H and O–H groups in total. The van der Waals surface area contributed by atoms with Gasteiger partial charge in [0.05, 0.1) is 15.0 Å². The van der Waals surface area contributed by atoms with Crippen LogP contribution in [0.2, 0.25) is 0 Å². The summed E-state index contributed by atoms with van der Waals surface area (Å²) in [6.07, 6.45) is 10.7. The largest absolute Gasteiger partial charge is 0.261 e. The molecule has 1 fully saturated rings. The van der Waals surface area contributed by atoms with E-state index in [9.17, 15) is 4.21 Å². The molecule has 122 valence electrons. The zero-order chi connectivity index (χ0) is 16.2. The SMILES string of the molecule is Cc1ccc(C(C)S(C)(=O)=NC(=S)CC2CCCCC2)cn1. The normalized spacial score (nSPS) is 20.1. The molecule has 1 saturated carbocycles. The van der Waals surface area contributed by atoms with Crippen molar-refractivity contribution < 1.29 is 4.21 Å². The quantitative estimate of drug-likeness (QED) is 0.737. The van der Waals surface area contributed by atoms with Crippen LogP contribution >= 0.6 is 12.2 Å². The summed E-state index contributed by atoms with van der Waals surface area (Å²) in [5.41, 5.74) is 1.92. The predicted molar refractivity (Wildman–Crippen MR) is 97.7 cm³/mol. The van der Waals surface area contributed by atoms with Crippen LogP contribution in [0, 0.1) is 12.8 Å². The summed E-state index contributed by atoms with van der Waals surface area (Å²) < 4.78 is 17.4. The zero-order valence-corrected chi connectivity index (χ0v) is 15.4. The van der Waals surface area contributed by atoms with E-state index in [0.717, 1.165) is 17.7 Å². The number of rotatable bonds is 4. The molecule has 1 aromatic rings. The van der Waals surface area contributed by atoms with Crippen molar-refractivity contribution in [3.8, 4) is 0 Å². The van der Waals surface area contributed by atoms with Gasteiger partial charge in [-0.3, -0.25) is 4.98 Å². The molecule has 1 heterocycles. The van der Waals surface area contributed by atoms with E-state index < -0.39 is 9.73 Å². The maximum atomic E-state index is 12.9. The number of hydrogen-bond donors (Lipinski definition) is 0. The average Bonchev–Trinajstić information content (AvgIpc) is 2.47. The van der Waals surface area contributed by atoms with Crippen LogP contribution in [0.3, 0.4) is 0 Å². The summed E-state index contributed by atoms with van der Waals surface area (Å²) in [4.78, 5) is 4.92. The standard InChI is InChI=1S/C17H26N2OS2/c1-13-9-10-16(12-18-13)14(2)22(3,20)19-17(21)11-15-7-5-4-6-8-15/h9-10,12,14-15H,4-8,11H2,1-3H3. The zero-order valence-electron chi connectivity index (χ0n) is 13.7. The van der Waals surface area contributed by atoms with Gasteiger partial charge in [-0.25, -0.2) is 4.21 Å². The molecular formula is C17H26N2OS2. The highest BCUT2D eigenvalue weighted by molar-refractivity contribution is 7.94. The molecule has 0 amide bonds. The van der Waals surface area contributed by atoms with Gasteiger partial charge in [-0.15, -0.1) is 0 Å². The van der Waals surface area contributed by atoms with Gasteiger partial charge in [0.25, 0.3) is 0 Å². The average molecular weight is 339 g/mol. The third kappa shape index (κ3) is 4.85. The molecule has 0 aromatic carbocycles. The Bertz CT molecular complexity index is 625. The van der Waals surface area contributed by atoms with E-state index in [-0.39, 0.29) is 5.25 Å². The first-order valence-corrected chi connectivity index (χ1v) is 10.4. The van der Waals surface area contributed by atoms with E-state index in [1.54, 1.807) is 12.5 Å². The fourth-order valence-electron chi connectivity index (χ4n) is 2.93. The van der Waals surface area contributed by atoms with Gasteiger partial charge in [-0.1, -0.05) is 50.4 Å². The van der Waals surface area contributed by atoms with Crippen LogP contribution in [0.4, 0.5) is 0 Å². The minimum absolute atomic E-state index is 0.162. The van der Waals surface area contributed by atoms with Crippen LogP contribution in [0.5, 0.6) is 0 Å². The fraction of sp³-hybridized carbons (Fsp3) is 0.647. The van der Waals surface area contributed by atoms with Gasteiger partial charge in [-0.2, -0.15) is 4.36 Å². The lowest BCUT2D eigenvalue weighted by molar-refractivity contribution is 0.368. The second kappa shape index (κ2) is 7.64. The molecule has 0 bridgehead atoms. The Kier molecular flexibility index (Phi) is 6.09. The Hall–Kier alpha value is -0.810. The summed E-state index contributed by atoms with van der Waals surface area (Å²) in [5.74, 6) is 0.636. The Labute approximate surface area is 140 Å². The summed E-state index contributed by atoms with van der Waals surface area (Å²) in [5, 5.41) is -0.162. The van der Waals surface area contributed by atoms with Crippen LogP contribution in [-0.4, -0.2) is 20.4 Å². The Morgan fingerprint density at radius 1 is 1.41 bits per heavy atom. The van der Waals surface area contributed by atoms with Crippen molar-refractivity contribution in [2.75, 3.05) is 6.26 Å². The van der Waals surface area contributed by atoms with Crippen LogP contribution in [0.15, 0.2) is 22.7 Å². The highest BCUT2D eigenvalue weighted by atomic mass is 32.2. The van der Waals surface area contributed by atoms with E-state index in [1.807, 2.05) is 26.0 Å². The van der Waals surface area contributed by atoms with Gasteiger partial charge in [0.2, 0.25) is 0 Å². The molecule has 2 atom stereocenters. The van der Waals surface area contributed by atoms with E-state index in [2.05, 4.69) is 9.35 Å². The van der Waals surface area contributed by atoms with Crippen molar-refractivity contribution in [3.63, 3.8) is 0 Å². The smallest absolute Gasteiger partial charge is 0.113 e. The number of nitrogens with zero attached hydrogens (tertiary/aromatic N) is 2. The Morgan fingerprint density at radius 2 is 2.09 bits per heavy atom. The molecule has 1 aliphatic rings. The summed E-state index contributed by atoms with van der Waals surface area (Å²) >= 11 is 5.41. The Balaban J connectivity index is 2.08. The highest BCUT2D eigenvalue weighted by Crippen LogP contribution is 2.28. The first-order chi connectivity index (χ1) is 10.4. The van der Waals surface area contributed by atoms with Gasteiger partial charge in [0.1, 0.15) is 4.99 Å². The van der Waals surface area contributed by atoms with Gasteiger partial charge in [-0.05, 0) is 31.4 Å². The molecule has 0 saturated heterocycles. The van der Waals surface area contributed by atoms with Gasteiger partial charge in [0, 0.05) is 24.6 Å². The van der Waals surface area contributed by atoms with Gasteiger partial charge < -0.3 is 0 Å². The summed E-state index contributed by atoms with van der Waals surface area (Å²) in [7, 11) is -2.38. The van der Waals surface area contributed by atoms with E-state index in [0.29, 0.717) is 10.9 Å². The lowest BCUT2D eigenvalue weighted by Crippen LogP contribution is -2.14. The van der Waals surface area contributed by atoms with Crippen molar-refractivity contribution in [3.05, 3.63) is 29.6 Å². The lowest BCUT2D eigenvalue weighted by Gasteiger charge is -2.21. The molecule has 22 heavy (non-hydrogen) atoms. The molecule has 1 aromatic heterocycles. The minimum Gasteiger partial charge on any atom is -0.261 e. The number of pyridine rings is 1. The number of aryl methyl sites for hydroxylation is 1. The van der Waals surface area contributed by atoms with E-state index in [1.165, 1.54) is 32.1 Å². The topological polar surface area (TPSA) is 42.3 Å². The lowest BCUT2D eigenvalue weighted by atomic mass is 9.87. The molecule has 3 nitrogen and oxygen atoms in total. The van der Waals surface area contributed by atoms with Crippen molar-refractivity contribution in [1.82, 2.24) is 4.98 Å². The van der Waals surface area contributed by atoms with Crippen molar-refractivity contribution >= 4 is 26.9 Å². The maximum absolute atomic E-state index is 12.9. The first kappa shape index (κ1) is 17.5. The van der Waals surface area contributed by atoms with Gasteiger partial charge in [0.15, 0.2) is 0 Å². The monoisotopic (exact) mass is 338 g/mol. The van der Waals surface area contributed by atoms with Crippen LogP contribution in [-0.2, 0) is 9.73 Å². The molecule has 0 radical (unpaired) electrons. The first-order valence-electron chi connectivity index (χ1n) is 8.05. The van der Waals surface area contributed by atoms with E-state index in [4.69, 9.17) is 12.2 Å². The second-order valence-corrected chi connectivity index (χ2v) is 9.51. The highest BCUT2D eigenvalue weighted by Gasteiger charge is 2.19. The number of hydrogen-bond acceptors (Lipinski definition) is 3. The molecule has 2 unspecified atom stereocenters.